The van der Waals surface area contributed by atoms with Crippen LogP contribution in [0.5, 0.6) is 0 Å². The zero-order valence-corrected chi connectivity index (χ0v) is 12.5. The van der Waals surface area contributed by atoms with Gasteiger partial charge >= 0.3 is 13.3 Å². The fourth-order valence-corrected chi connectivity index (χ4v) is 1.85. The SMILES string of the molecule is COC(N(C)c1cccc2n[nH]nc12)=[N+](C)C.F[B-](F)(F)F. The molecule has 0 radical (unpaired) electrons. The molecule has 2 aromatic rings. The molecule has 1 aromatic carbocycles. The summed E-state index contributed by atoms with van der Waals surface area (Å²) in [4.78, 5) is 1.94. The van der Waals surface area contributed by atoms with Crippen LogP contribution in [-0.4, -0.2) is 61.5 Å². The molecule has 122 valence electrons. The Bertz CT molecular complexity index is 647. The minimum absolute atomic E-state index is 0.737. The van der Waals surface area contributed by atoms with Crippen molar-refractivity contribution in [2.45, 2.75) is 0 Å². The van der Waals surface area contributed by atoms with Gasteiger partial charge in [-0.05, 0) is 12.1 Å². The highest BCUT2D eigenvalue weighted by atomic mass is 19.5. The van der Waals surface area contributed by atoms with Gasteiger partial charge in [0.1, 0.15) is 5.52 Å². The third-order valence-corrected chi connectivity index (χ3v) is 2.54. The second-order valence-electron chi connectivity index (χ2n) is 4.40. The van der Waals surface area contributed by atoms with Gasteiger partial charge < -0.3 is 22.0 Å². The van der Waals surface area contributed by atoms with Gasteiger partial charge in [-0.2, -0.15) is 20.3 Å². The first-order valence-electron chi connectivity index (χ1n) is 6.14. The van der Waals surface area contributed by atoms with Crippen LogP contribution >= 0.6 is 0 Å². The molecule has 0 amide bonds. The lowest BCUT2D eigenvalue weighted by atomic mass is 10.2. The molecule has 0 bridgehead atoms. The van der Waals surface area contributed by atoms with Crippen molar-refractivity contribution in [2.75, 3.05) is 33.2 Å². The molecule has 1 N–H and O–H groups in total. The molecule has 1 heterocycles. The number of aromatic nitrogens is 3. The van der Waals surface area contributed by atoms with Crippen LogP contribution in [0.25, 0.3) is 11.0 Å². The summed E-state index contributed by atoms with van der Waals surface area (Å²) in [5, 5.41) is 10.8. The van der Waals surface area contributed by atoms with E-state index in [9.17, 15) is 17.3 Å². The first kappa shape index (κ1) is 17.7. The lowest BCUT2D eigenvalue weighted by Crippen LogP contribution is -2.34. The molecule has 2 rings (SSSR count). The minimum atomic E-state index is -6.00. The van der Waals surface area contributed by atoms with Crippen molar-refractivity contribution in [3.63, 3.8) is 0 Å². The van der Waals surface area contributed by atoms with Crippen LogP contribution in [0.4, 0.5) is 23.0 Å². The second-order valence-corrected chi connectivity index (χ2v) is 4.40. The number of nitrogens with one attached hydrogen (secondary N) is 1. The summed E-state index contributed by atoms with van der Waals surface area (Å²) in [7, 11) is 1.44. The number of fused-ring (bicyclic) bond motifs is 1. The van der Waals surface area contributed by atoms with Gasteiger partial charge in [-0.1, -0.05) is 6.07 Å². The monoisotopic (exact) mass is 321 g/mol. The quantitative estimate of drug-likeness (QED) is 0.287. The Morgan fingerprint density at radius 1 is 1.23 bits per heavy atom. The van der Waals surface area contributed by atoms with E-state index in [-0.39, 0.29) is 0 Å². The van der Waals surface area contributed by atoms with Gasteiger partial charge in [0, 0.05) is 0 Å². The number of hydrogen-bond acceptors (Lipinski definition) is 3. The zero-order chi connectivity index (χ0) is 16.9. The summed E-state index contributed by atoms with van der Waals surface area (Å²) in [6, 6.07) is 6.58. The number of anilines is 1. The van der Waals surface area contributed by atoms with E-state index < -0.39 is 7.25 Å². The average Bonchev–Trinajstić information content (AvgIpc) is 2.84. The second kappa shape index (κ2) is 7.10. The Balaban J connectivity index is 0.000000422. The molecule has 0 spiro atoms. The Kier molecular flexibility index (Phi) is 5.72. The lowest BCUT2D eigenvalue weighted by molar-refractivity contribution is -0.475. The van der Waals surface area contributed by atoms with E-state index in [4.69, 9.17) is 4.74 Å². The number of amidine groups is 1. The third-order valence-electron chi connectivity index (χ3n) is 2.54. The minimum Gasteiger partial charge on any atom is -0.435 e. The standard InChI is InChI=1S/C11H16N5O.BF4/c1-15(2)11(17-4)16(3)9-7-5-6-8-10(9)13-14-12-8;2-1(3,4)5/h5-7H,1-4H3,(H,12,13,14);/q+1;-1. The maximum atomic E-state index is 9.75. The molecule has 11 heteroatoms. The maximum absolute atomic E-state index is 9.75. The maximum Gasteiger partial charge on any atom is 0.673 e. The van der Waals surface area contributed by atoms with Crippen molar-refractivity contribution in [2.24, 2.45) is 0 Å². The highest BCUT2D eigenvalue weighted by Crippen LogP contribution is 2.22. The van der Waals surface area contributed by atoms with Gasteiger partial charge in [0.05, 0.1) is 28.3 Å². The molecule has 1 aromatic heterocycles. The van der Waals surface area contributed by atoms with Crippen molar-refractivity contribution in [3.05, 3.63) is 18.2 Å². The number of H-pyrrole nitrogens is 1. The third kappa shape index (κ3) is 4.90. The Hall–Kier alpha value is -2.33. The van der Waals surface area contributed by atoms with Gasteiger partial charge in [0.15, 0.2) is 11.2 Å². The summed E-state index contributed by atoms with van der Waals surface area (Å²) >= 11 is 0. The Labute approximate surface area is 124 Å². The number of halogens is 4. The number of ether oxygens (including phenoxy) is 1. The highest BCUT2D eigenvalue weighted by Gasteiger charge is 2.22. The van der Waals surface area contributed by atoms with Crippen LogP contribution in [0.1, 0.15) is 0 Å². The van der Waals surface area contributed by atoms with E-state index in [1.807, 2.05) is 48.8 Å². The first-order valence-corrected chi connectivity index (χ1v) is 6.14. The van der Waals surface area contributed by atoms with Crippen LogP contribution in [-0.2, 0) is 4.74 Å². The number of aromatic amines is 1. The fourth-order valence-electron chi connectivity index (χ4n) is 1.85. The molecule has 0 aliphatic carbocycles. The fraction of sp³-hybridized carbons (Fsp3) is 0.364. The highest BCUT2D eigenvalue weighted by molar-refractivity contribution is 6.50. The predicted molar refractivity (Wildman–Crippen MR) is 76.6 cm³/mol. The molecule has 0 unspecified atom stereocenters. The molecule has 0 aliphatic rings. The van der Waals surface area contributed by atoms with Crippen molar-refractivity contribution in [1.82, 2.24) is 15.4 Å². The van der Waals surface area contributed by atoms with Gasteiger partial charge in [-0.25, -0.2) is 4.58 Å². The van der Waals surface area contributed by atoms with Gasteiger partial charge in [-0.3, -0.25) is 0 Å². The van der Waals surface area contributed by atoms with E-state index in [0.29, 0.717) is 0 Å². The molecule has 0 saturated carbocycles. The van der Waals surface area contributed by atoms with E-state index >= 15 is 0 Å². The summed E-state index contributed by atoms with van der Waals surface area (Å²) in [5.74, 6) is 0. The number of methoxy groups -OCH3 is 1. The van der Waals surface area contributed by atoms with E-state index in [2.05, 4.69) is 15.4 Å². The van der Waals surface area contributed by atoms with Crippen LogP contribution < -0.4 is 4.90 Å². The van der Waals surface area contributed by atoms with Gasteiger partial charge in [-0.15, -0.1) is 0 Å². The molecule has 6 nitrogen and oxygen atoms in total. The summed E-state index contributed by atoms with van der Waals surface area (Å²) in [6.45, 7) is 0. The molecular weight excluding hydrogens is 305 g/mol. The van der Waals surface area contributed by atoms with Crippen LogP contribution in [0.15, 0.2) is 18.2 Å². The molecule has 0 fully saturated rings. The molecule has 0 saturated heterocycles. The number of nitrogens with zero attached hydrogens (tertiary/aromatic N) is 4. The first-order chi connectivity index (χ1) is 10.1. The summed E-state index contributed by atoms with van der Waals surface area (Å²) in [5.41, 5.74) is 2.61. The number of rotatable bonds is 1. The molecular formula is C11H16BF4N5O. The lowest BCUT2D eigenvalue weighted by Gasteiger charge is -2.13. The normalized spacial score (nSPS) is 10.7. The van der Waals surface area contributed by atoms with Crippen molar-refractivity contribution in [1.29, 1.82) is 0 Å². The van der Waals surface area contributed by atoms with Crippen LogP contribution in [0, 0.1) is 0 Å². The zero-order valence-electron chi connectivity index (χ0n) is 12.5. The molecule has 0 atom stereocenters. The molecule has 0 aliphatic heterocycles. The largest absolute Gasteiger partial charge is 0.673 e. The topological polar surface area (TPSA) is 57.0 Å². The van der Waals surface area contributed by atoms with E-state index in [1.165, 1.54) is 0 Å². The van der Waals surface area contributed by atoms with E-state index in [0.717, 1.165) is 22.7 Å². The Morgan fingerprint density at radius 2 is 1.82 bits per heavy atom. The van der Waals surface area contributed by atoms with Crippen LogP contribution in [0.3, 0.4) is 0 Å². The van der Waals surface area contributed by atoms with E-state index in [1.54, 1.807) is 7.11 Å². The predicted octanol–water partition coefficient (Wildman–Crippen LogP) is 1.97. The number of para-hydroxylation sites is 1. The van der Waals surface area contributed by atoms with Crippen molar-refractivity contribution < 1.29 is 26.6 Å². The van der Waals surface area contributed by atoms with Gasteiger partial charge in [0.2, 0.25) is 0 Å². The number of benzene rings is 1. The Morgan fingerprint density at radius 3 is 2.32 bits per heavy atom. The average molecular weight is 321 g/mol. The van der Waals surface area contributed by atoms with Crippen LogP contribution in [0.2, 0.25) is 0 Å². The molecule has 22 heavy (non-hydrogen) atoms. The smallest absolute Gasteiger partial charge is 0.435 e. The van der Waals surface area contributed by atoms with Crippen molar-refractivity contribution in [3.8, 4) is 0 Å². The van der Waals surface area contributed by atoms with Gasteiger partial charge in [0.25, 0.3) is 0 Å². The summed E-state index contributed by atoms with van der Waals surface area (Å²) in [6.07, 6.45) is 0. The van der Waals surface area contributed by atoms with Crippen molar-refractivity contribution >= 4 is 30.0 Å². The summed E-state index contributed by atoms with van der Waals surface area (Å²) < 4.78 is 46.3. The number of hydrogen-bond donors (Lipinski definition) is 1.